The summed E-state index contributed by atoms with van der Waals surface area (Å²) in [6.45, 7) is 5.64. The van der Waals surface area contributed by atoms with E-state index in [4.69, 9.17) is 16.6 Å². The van der Waals surface area contributed by atoms with Gasteiger partial charge in [0.2, 0.25) is 0 Å². The van der Waals surface area contributed by atoms with E-state index in [9.17, 15) is 0 Å². The van der Waals surface area contributed by atoms with Crippen molar-refractivity contribution in [3.05, 3.63) is 23.4 Å². The third kappa shape index (κ3) is 3.88. The van der Waals surface area contributed by atoms with Crippen molar-refractivity contribution < 1.29 is 0 Å². The topological polar surface area (TPSA) is 16.1 Å². The second-order valence-electron chi connectivity index (χ2n) is 5.81. The van der Waals surface area contributed by atoms with Crippen LogP contribution in [-0.2, 0) is 12.3 Å². The molecule has 1 aromatic heterocycles. The van der Waals surface area contributed by atoms with Crippen molar-refractivity contribution in [1.29, 1.82) is 0 Å². The maximum atomic E-state index is 6.07. The second kappa shape index (κ2) is 7.87. The smallest absolute Gasteiger partial charge is 0.129 e. The first kappa shape index (κ1) is 15.6. The number of pyridine rings is 1. The largest absolute Gasteiger partial charge is 0.354 e. The molecular weight excluding hydrogens is 268 g/mol. The van der Waals surface area contributed by atoms with Gasteiger partial charge in [0.15, 0.2) is 0 Å². The molecule has 0 N–H and O–H groups in total. The molecule has 2 rings (SSSR count). The Bertz CT molecular complexity index is 419. The lowest BCUT2D eigenvalue weighted by molar-refractivity contribution is 0.551. The zero-order valence-electron chi connectivity index (χ0n) is 12.9. The molecule has 1 fully saturated rings. The van der Waals surface area contributed by atoms with Crippen LogP contribution in [0.2, 0.25) is 0 Å². The van der Waals surface area contributed by atoms with E-state index in [1.54, 1.807) is 0 Å². The first-order valence-electron chi connectivity index (χ1n) is 8.11. The van der Waals surface area contributed by atoms with Crippen LogP contribution in [0.1, 0.15) is 63.6 Å². The minimum Gasteiger partial charge on any atom is -0.354 e. The van der Waals surface area contributed by atoms with Gasteiger partial charge in [0.05, 0.1) is 0 Å². The zero-order chi connectivity index (χ0) is 14.4. The highest BCUT2D eigenvalue weighted by Gasteiger charge is 2.21. The van der Waals surface area contributed by atoms with Crippen LogP contribution in [0.25, 0.3) is 0 Å². The molecule has 1 saturated heterocycles. The molecule has 1 aromatic rings. The fourth-order valence-corrected chi connectivity index (χ4v) is 3.30. The summed E-state index contributed by atoms with van der Waals surface area (Å²) in [4.78, 5) is 7.43. The van der Waals surface area contributed by atoms with Crippen molar-refractivity contribution in [2.24, 2.45) is 0 Å². The number of aromatic nitrogens is 1. The standard InChI is InChI=1S/C17H27ClN2/c1-3-8-15-11-14(13-18)12-17(19-15)20-10-7-5-6-9-16(20)4-2/h11-12,16H,3-10,13H2,1-2H3. The van der Waals surface area contributed by atoms with Gasteiger partial charge >= 0.3 is 0 Å². The average molecular weight is 295 g/mol. The molecule has 1 atom stereocenters. The van der Waals surface area contributed by atoms with E-state index in [0.29, 0.717) is 11.9 Å². The second-order valence-corrected chi connectivity index (χ2v) is 6.08. The average Bonchev–Trinajstić information content (AvgIpc) is 2.72. The van der Waals surface area contributed by atoms with Gasteiger partial charge < -0.3 is 4.90 Å². The molecule has 0 aromatic carbocycles. The number of halogens is 1. The fraction of sp³-hybridized carbons (Fsp3) is 0.706. The van der Waals surface area contributed by atoms with E-state index in [1.807, 2.05) is 0 Å². The summed E-state index contributed by atoms with van der Waals surface area (Å²) in [7, 11) is 0. The highest BCUT2D eigenvalue weighted by molar-refractivity contribution is 6.17. The molecule has 0 bridgehead atoms. The number of nitrogens with zero attached hydrogens (tertiary/aromatic N) is 2. The number of anilines is 1. The minimum atomic E-state index is 0.580. The Morgan fingerprint density at radius 1 is 1.25 bits per heavy atom. The van der Waals surface area contributed by atoms with Crippen LogP contribution < -0.4 is 4.90 Å². The van der Waals surface area contributed by atoms with Crippen LogP contribution in [0.5, 0.6) is 0 Å². The van der Waals surface area contributed by atoms with Crippen molar-refractivity contribution in [1.82, 2.24) is 4.98 Å². The Labute approximate surface area is 128 Å². The Balaban J connectivity index is 2.30. The maximum absolute atomic E-state index is 6.07. The predicted octanol–water partition coefficient (Wildman–Crippen LogP) is 4.93. The molecule has 1 aliphatic rings. The van der Waals surface area contributed by atoms with E-state index < -0.39 is 0 Å². The van der Waals surface area contributed by atoms with Crippen molar-refractivity contribution in [2.75, 3.05) is 11.4 Å². The minimum absolute atomic E-state index is 0.580. The molecule has 2 heterocycles. The van der Waals surface area contributed by atoms with Crippen molar-refractivity contribution in [3.8, 4) is 0 Å². The summed E-state index contributed by atoms with van der Waals surface area (Å²) < 4.78 is 0. The lowest BCUT2D eigenvalue weighted by Gasteiger charge is -2.31. The number of alkyl halides is 1. The van der Waals surface area contributed by atoms with Crippen LogP contribution >= 0.6 is 11.6 Å². The number of hydrogen-bond acceptors (Lipinski definition) is 2. The lowest BCUT2D eigenvalue weighted by atomic mass is 10.1. The van der Waals surface area contributed by atoms with Gasteiger partial charge in [-0.1, -0.05) is 33.1 Å². The van der Waals surface area contributed by atoms with Crippen LogP contribution in [0, 0.1) is 0 Å². The third-order valence-corrected chi connectivity index (χ3v) is 4.54. The van der Waals surface area contributed by atoms with Crippen LogP contribution in [0.15, 0.2) is 12.1 Å². The molecule has 112 valence electrons. The van der Waals surface area contributed by atoms with Gasteiger partial charge in [-0.05, 0) is 43.4 Å². The number of rotatable bonds is 5. The maximum Gasteiger partial charge on any atom is 0.129 e. The normalized spacial score (nSPS) is 19.9. The summed E-state index contributed by atoms with van der Waals surface area (Å²) in [5.74, 6) is 1.73. The van der Waals surface area contributed by atoms with Crippen molar-refractivity contribution in [2.45, 2.75) is 70.7 Å². The third-order valence-electron chi connectivity index (χ3n) is 4.23. The summed E-state index contributed by atoms with van der Waals surface area (Å²) in [5, 5.41) is 0. The lowest BCUT2D eigenvalue weighted by Crippen LogP contribution is -2.35. The monoisotopic (exact) mass is 294 g/mol. The van der Waals surface area contributed by atoms with Crippen LogP contribution in [0.3, 0.4) is 0 Å². The molecule has 0 spiro atoms. The fourth-order valence-electron chi connectivity index (χ4n) is 3.15. The first-order chi connectivity index (χ1) is 9.78. The van der Waals surface area contributed by atoms with Gasteiger partial charge in [-0.3, -0.25) is 0 Å². The molecule has 1 unspecified atom stereocenters. The van der Waals surface area contributed by atoms with E-state index in [2.05, 4.69) is 30.9 Å². The van der Waals surface area contributed by atoms with Gasteiger partial charge in [0, 0.05) is 24.2 Å². The van der Waals surface area contributed by atoms with E-state index in [1.165, 1.54) is 43.4 Å². The summed E-state index contributed by atoms with van der Waals surface area (Å²) in [6.07, 6.45) is 8.67. The highest BCUT2D eigenvalue weighted by atomic mass is 35.5. The number of hydrogen-bond donors (Lipinski definition) is 0. The summed E-state index contributed by atoms with van der Waals surface area (Å²) >= 11 is 6.07. The van der Waals surface area contributed by atoms with E-state index in [0.717, 1.165) is 25.2 Å². The Kier molecular flexibility index (Phi) is 6.15. The van der Waals surface area contributed by atoms with Gasteiger partial charge in [-0.15, -0.1) is 11.6 Å². The Morgan fingerprint density at radius 3 is 2.80 bits per heavy atom. The van der Waals surface area contributed by atoms with Crippen molar-refractivity contribution in [3.63, 3.8) is 0 Å². The quantitative estimate of drug-likeness (QED) is 0.716. The van der Waals surface area contributed by atoms with Gasteiger partial charge in [-0.2, -0.15) is 0 Å². The van der Waals surface area contributed by atoms with Crippen molar-refractivity contribution >= 4 is 17.4 Å². The highest BCUT2D eigenvalue weighted by Crippen LogP contribution is 2.26. The molecule has 0 radical (unpaired) electrons. The molecule has 0 saturated carbocycles. The number of aryl methyl sites for hydroxylation is 1. The Hall–Kier alpha value is -0.760. The van der Waals surface area contributed by atoms with E-state index >= 15 is 0 Å². The Morgan fingerprint density at radius 2 is 2.10 bits per heavy atom. The molecule has 2 nitrogen and oxygen atoms in total. The SMILES string of the molecule is CCCc1cc(CCl)cc(N2CCCCCC2CC)n1. The predicted molar refractivity (Wildman–Crippen MR) is 87.7 cm³/mol. The van der Waals surface area contributed by atoms with Gasteiger partial charge in [0.25, 0.3) is 0 Å². The summed E-state index contributed by atoms with van der Waals surface area (Å²) in [6, 6.07) is 5.00. The molecule has 20 heavy (non-hydrogen) atoms. The van der Waals surface area contributed by atoms with Gasteiger partial charge in [-0.25, -0.2) is 4.98 Å². The van der Waals surface area contributed by atoms with Crippen LogP contribution in [-0.4, -0.2) is 17.6 Å². The first-order valence-corrected chi connectivity index (χ1v) is 8.64. The molecule has 3 heteroatoms. The van der Waals surface area contributed by atoms with Gasteiger partial charge in [0.1, 0.15) is 5.82 Å². The molecule has 0 aliphatic carbocycles. The van der Waals surface area contributed by atoms with E-state index in [-0.39, 0.29) is 0 Å². The molecular formula is C17H27ClN2. The summed E-state index contributed by atoms with van der Waals surface area (Å²) in [5.41, 5.74) is 2.40. The zero-order valence-corrected chi connectivity index (χ0v) is 13.6. The molecule has 1 aliphatic heterocycles. The van der Waals surface area contributed by atoms with Crippen LogP contribution in [0.4, 0.5) is 5.82 Å². The molecule has 0 amide bonds.